The maximum absolute atomic E-state index is 12.9. The molecule has 1 aromatic carbocycles. The number of carbonyl (C=O) groups is 4. The van der Waals surface area contributed by atoms with Crippen LogP contribution in [0.4, 0.5) is 5.69 Å². The highest BCUT2D eigenvalue weighted by Crippen LogP contribution is 2.55. The second kappa shape index (κ2) is 6.26. The molecule has 0 aliphatic carbocycles. The third-order valence-electron chi connectivity index (χ3n) is 5.08. The zero-order valence-electron chi connectivity index (χ0n) is 15.4. The summed E-state index contributed by atoms with van der Waals surface area (Å²) in [7, 11) is 1.75. The Hall–Kier alpha value is -2.55. The van der Waals surface area contributed by atoms with E-state index in [-0.39, 0.29) is 0 Å². The number of fused-ring (bicyclic) bond motifs is 1. The zero-order chi connectivity index (χ0) is 20.1. The summed E-state index contributed by atoms with van der Waals surface area (Å²) < 4.78 is -0.789. The van der Waals surface area contributed by atoms with Crippen molar-refractivity contribution in [3.63, 3.8) is 0 Å². The molecular weight excluding hydrogens is 370 g/mol. The van der Waals surface area contributed by atoms with Crippen molar-refractivity contribution in [3.05, 3.63) is 29.8 Å². The number of benzene rings is 1. The number of nitrogens with one attached hydrogen (secondary N) is 2. The fourth-order valence-corrected chi connectivity index (χ4v) is 5.38. The molecule has 0 aromatic heterocycles. The number of aliphatic carboxylic acids is 1. The van der Waals surface area contributed by atoms with Gasteiger partial charge in [0.05, 0.1) is 0 Å². The number of hydrogen-bond donors (Lipinski definition) is 3. The lowest BCUT2D eigenvalue weighted by atomic mass is 9.81. The Morgan fingerprint density at radius 1 is 1.19 bits per heavy atom. The van der Waals surface area contributed by atoms with Crippen molar-refractivity contribution < 1.29 is 24.3 Å². The third-order valence-corrected chi connectivity index (χ3v) is 6.72. The molecule has 144 valence electrons. The third kappa shape index (κ3) is 2.68. The number of hydrogen-bond acceptors (Lipinski definition) is 6. The van der Waals surface area contributed by atoms with E-state index in [1.165, 1.54) is 23.6 Å². The number of rotatable bonds is 5. The maximum Gasteiger partial charge on any atom is 0.327 e. The van der Waals surface area contributed by atoms with Gasteiger partial charge in [0.15, 0.2) is 5.78 Å². The lowest BCUT2D eigenvalue weighted by molar-refractivity contribution is -0.170. The summed E-state index contributed by atoms with van der Waals surface area (Å²) in [6, 6.07) is 5.53. The molecule has 0 radical (unpaired) electrons. The summed E-state index contributed by atoms with van der Waals surface area (Å²) in [4.78, 5) is 50.8. The highest BCUT2D eigenvalue weighted by Gasteiger charge is 2.74. The van der Waals surface area contributed by atoms with Crippen LogP contribution >= 0.6 is 11.8 Å². The van der Waals surface area contributed by atoms with Gasteiger partial charge in [-0.15, -0.1) is 11.8 Å². The van der Waals surface area contributed by atoms with Crippen LogP contribution in [-0.2, 0) is 14.4 Å². The van der Waals surface area contributed by atoms with E-state index < -0.39 is 45.3 Å². The molecule has 1 aromatic rings. The quantitative estimate of drug-likeness (QED) is 0.505. The van der Waals surface area contributed by atoms with Crippen LogP contribution in [0.1, 0.15) is 31.1 Å². The highest BCUT2D eigenvalue weighted by atomic mass is 32.2. The monoisotopic (exact) mass is 391 g/mol. The maximum atomic E-state index is 12.9. The van der Waals surface area contributed by atoms with Crippen LogP contribution < -0.4 is 10.6 Å². The van der Waals surface area contributed by atoms with Crippen LogP contribution in [0.25, 0.3) is 0 Å². The van der Waals surface area contributed by atoms with Gasteiger partial charge >= 0.3 is 5.97 Å². The first-order chi connectivity index (χ1) is 12.6. The fourth-order valence-electron chi connectivity index (χ4n) is 3.63. The van der Waals surface area contributed by atoms with Crippen LogP contribution in [0.3, 0.4) is 0 Å². The summed E-state index contributed by atoms with van der Waals surface area (Å²) in [5, 5.41) is 14.3. The summed E-state index contributed by atoms with van der Waals surface area (Å²) in [5.74, 6) is -2.87. The van der Waals surface area contributed by atoms with E-state index in [0.29, 0.717) is 5.56 Å². The average Bonchev–Trinajstić information content (AvgIpc) is 2.88. The van der Waals surface area contributed by atoms with Gasteiger partial charge in [0.2, 0.25) is 5.54 Å². The first kappa shape index (κ1) is 19.2. The topological polar surface area (TPSA) is 116 Å². The van der Waals surface area contributed by atoms with Crippen molar-refractivity contribution in [3.8, 4) is 0 Å². The highest BCUT2D eigenvalue weighted by molar-refractivity contribution is 8.01. The van der Waals surface area contributed by atoms with Gasteiger partial charge in [-0.05, 0) is 45.0 Å². The predicted octanol–water partition coefficient (Wildman–Crippen LogP) is 0.933. The van der Waals surface area contributed by atoms with Gasteiger partial charge in [0.25, 0.3) is 11.8 Å². The summed E-state index contributed by atoms with van der Waals surface area (Å²) in [6.07, 6.45) is 0. The van der Waals surface area contributed by atoms with E-state index in [4.69, 9.17) is 0 Å². The molecule has 0 unspecified atom stereocenters. The molecule has 2 aliphatic rings. The Kier molecular flexibility index (Phi) is 4.46. The van der Waals surface area contributed by atoms with Crippen molar-refractivity contribution in [1.82, 2.24) is 10.2 Å². The molecular formula is C18H21N3O5S. The van der Waals surface area contributed by atoms with E-state index in [1.54, 1.807) is 45.2 Å². The molecule has 3 N–H and O–H groups in total. The number of carboxylic acid groups (broad SMARTS) is 1. The Bertz CT molecular complexity index is 838. The average molecular weight is 391 g/mol. The molecule has 0 spiro atoms. The van der Waals surface area contributed by atoms with Crippen molar-refractivity contribution >= 4 is 41.0 Å². The second-order valence-corrected chi connectivity index (χ2v) is 8.91. The Morgan fingerprint density at radius 3 is 2.26 bits per heavy atom. The van der Waals surface area contributed by atoms with Gasteiger partial charge in [-0.2, -0.15) is 0 Å². The smallest absolute Gasteiger partial charge is 0.327 e. The molecule has 2 fully saturated rings. The number of carboxylic acids is 1. The fraction of sp³-hybridized carbons (Fsp3) is 0.444. The predicted molar refractivity (Wildman–Crippen MR) is 101 cm³/mol. The number of nitrogens with zero attached hydrogens (tertiary/aromatic N) is 1. The van der Waals surface area contributed by atoms with E-state index in [2.05, 4.69) is 10.6 Å². The largest absolute Gasteiger partial charge is 0.480 e. The molecule has 27 heavy (non-hydrogen) atoms. The van der Waals surface area contributed by atoms with Crippen molar-refractivity contribution in [2.45, 2.75) is 42.5 Å². The zero-order valence-corrected chi connectivity index (χ0v) is 16.2. The minimum absolute atomic E-state index is 0.304. The molecule has 0 saturated carbocycles. The van der Waals surface area contributed by atoms with Gasteiger partial charge in [-0.25, -0.2) is 4.79 Å². The molecule has 2 heterocycles. The lowest BCUT2D eigenvalue weighted by Gasteiger charge is -2.51. The number of thioether (sulfide) groups is 1. The van der Waals surface area contributed by atoms with Crippen molar-refractivity contribution in [2.75, 3.05) is 12.4 Å². The molecule has 3 atom stereocenters. The Morgan fingerprint density at radius 2 is 1.78 bits per heavy atom. The molecule has 2 saturated heterocycles. The van der Waals surface area contributed by atoms with Crippen LogP contribution in [0, 0.1) is 0 Å². The Labute approximate surface area is 160 Å². The standard InChI is InChI=1S/C18H21N3O5S/c1-9(22)18(20-13(23)10-5-7-11(19-4)8-6-10)15(26)21-12(14(24)25)17(2,3)27-16(18)21/h5-8,12,16,19H,1-4H3,(H,20,23)(H,24,25)/t12-,16+,18-/m0/s1. The van der Waals surface area contributed by atoms with Gasteiger partial charge in [-0.1, -0.05) is 0 Å². The van der Waals surface area contributed by atoms with Crippen LogP contribution in [-0.4, -0.2) is 62.3 Å². The van der Waals surface area contributed by atoms with Crippen LogP contribution in [0.2, 0.25) is 0 Å². The molecule has 8 nitrogen and oxygen atoms in total. The van der Waals surface area contributed by atoms with Crippen molar-refractivity contribution in [2.24, 2.45) is 0 Å². The molecule has 3 rings (SSSR count). The minimum atomic E-state index is -1.75. The minimum Gasteiger partial charge on any atom is -0.480 e. The first-order valence-corrected chi connectivity index (χ1v) is 9.29. The van der Waals surface area contributed by atoms with Gasteiger partial charge in [0, 0.05) is 23.0 Å². The van der Waals surface area contributed by atoms with E-state index in [1.807, 2.05) is 0 Å². The Balaban J connectivity index is 1.92. The number of carbonyl (C=O) groups excluding carboxylic acids is 3. The van der Waals surface area contributed by atoms with Gasteiger partial charge < -0.3 is 20.6 Å². The number of ketones is 1. The normalized spacial score (nSPS) is 28.1. The van der Waals surface area contributed by atoms with Gasteiger partial charge in [-0.3, -0.25) is 14.4 Å². The summed E-state index contributed by atoms with van der Waals surface area (Å²) >= 11 is 1.22. The van der Waals surface area contributed by atoms with Crippen LogP contribution in [0.15, 0.2) is 24.3 Å². The van der Waals surface area contributed by atoms with E-state index in [9.17, 15) is 24.3 Å². The molecule has 2 amide bonds. The lowest BCUT2D eigenvalue weighted by Crippen LogP contribution is -2.82. The number of Topliss-reactive ketones (excluding diaryl/α,β-unsaturated/α-hetero) is 1. The molecule has 9 heteroatoms. The first-order valence-electron chi connectivity index (χ1n) is 8.41. The summed E-state index contributed by atoms with van der Waals surface area (Å²) in [6.45, 7) is 4.66. The van der Waals surface area contributed by atoms with Crippen LogP contribution in [0.5, 0.6) is 0 Å². The van der Waals surface area contributed by atoms with Gasteiger partial charge in [0.1, 0.15) is 11.4 Å². The SMILES string of the molecule is CNc1ccc(C(=O)N[C@@]2(C(C)=O)C(=O)N3[C@@H](C(=O)O)C(C)(C)S[C@@H]32)cc1. The second-order valence-electron chi connectivity index (χ2n) is 7.17. The molecule has 0 bridgehead atoms. The number of amides is 2. The van der Waals surface area contributed by atoms with E-state index in [0.717, 1.165) is 5.69 Å². The van der Waals surface area contributed by atoms with E-state index >= 15 is 0 Å². The summed E-state index contributed by atoms with van der Waals surface area (Å²) in [5.41, 5.74) is -0.626. The number of β-lactam (4-membered cyclic amide) rings is 1. The van der Waals surface area contributed by atoms with Crippen molar-refractivity contribution in [1.29, 1.82) is 0 Å². The number of anilines is 1. The molecule has 2 aliphatic heterocycles.